The second-order valence-electron chi connectivity index (χ2n) is 3.60. The summed E-state index contributed by atoms with van der Waals surface area (Å²) in [6.45, 7) is 0.843. The van der Waals surface area contributed by atoms with E-state index in [0.717, 1.165) is 18.2 Å². The molecule has 0 atom stereocenters. The molecule has 8 heteroatoms. The molecule has 0 saturated heterocycles. The lowest BCUT2D eigenvalue weighted by Crippen LogP contribution is -2.13. The van der Waals surface area contributed by atoms with Gasteiger partial charge in [-0.2, -0.15) is 8.78 Å². The highest BCUT2D eigenvalue weighted by atomic mass is 19.3. The van der Waals surface area contributed by atoms with Crippen LogP contribution < -0.4 is 4.74 Å². The highest BCUT2D eigenvalue weighted by molar-refractivity contribution is 5.44. The average molecular weight is 291 g/mol. The van der Waals surface area contributed by atoms with Gasteiger partial charge in [-0.1, -0.05) is 0 Å². The van der Waals surface area contributed by atoms with Crippen LogP contribution in [0.15, 0.2) is 18.2 Å². The molecule has 0 aromatic heterocycles. The van der Waals surface area contributed by atoms with E-state index in [-0.39, 0.29) is 30.2 Å². The summed E-state index contributed by atoms with van der Waals surface area (Å²) in [4.78, 5) is 10.1. The Morgan fingerprint density at radius 2 is 1.85 bits per heavy atom. The molecule has 20 heavy (non-hydrogen) atoms. The average Bonchev–Trinajstić information content (AvgIpc) is 2.38. The van der Waals surface area contributed by atoms with Gasteiger partial charge in [-0.15, -0.1) is 0 Å². The van der Waals surface area contributed by atoms with Crippen molar-refractivity contribution in [3.05, 3.63) is 33.9 Å². The Kier molecular flexibility index (Phi) is 6.26. The number of halogens is 2. The maximum Gasteiger partial charge on any atom is 0.387 e. The van der Waals surface area contributed by atoms with Crippen molar-refractivity contribution >= 4 is 5.69 Å². The van der Waals surface area contributed by atoms with Crippen LogP contribution in [-0.2, 0) is 9.47 Å². The number of nitro groups is 1. The fraction of sp³-hybridized carbons (Fsp3) is 0.500. The number of benzene rings is 1. The van der Waals surface area contributed by atoms with Crippen molar-refractivity contribution in [3.8, 4) is 5.75 Å². The van der Waals surface area contributed by atoms with Crippen LogP contribution in [0.5, 0.6) is 5.75 Å². The molecule has 0 aliphatic heterocycles. The van der Waals surface area contributed by atoms with Crippen molar-refractivity contribution in [2.45, 2.75) is 26.7 Å². The minimum absolute atomic E-state index is 0.0585. The summed E-state index contributed by atoms with van der Waals surface area (Å²) in [6.07, 6.45) is -1.00. The first-order valence-corrected chi connectivity index (χ1v) is 5.95. The molecule has 0 aliphatic carbocycles. The molecule has 1 rings (SSSR count). The molecular weight excluding hydrogens is 276 g/mol. The number of nitro benzene ring substituents is 1. The smallest absolute Gasteiger partial charge is 0.387 e. The first-order chi connectivity index (χ1) is 9.49. The second kappa shape index (κ2) is 7.71. The van der Waals surface area contributed by atoms with Gasteiger partial charge in [0.25, 0.3) is 5.69 Å². The molecule has 112 valence electrons. The normalized spacial score (nSPS) is 11.1. The van der Waals surface area contributed by atoms with E-state index in [1.807, 2.05) is 0 Å². The number of hydrogen-bond donors (Lipinski definition) is 0. The first-order valence-electron chi connectivity index (χ1n) is 5.95. The van der Waals surface area contributed by atoms with Crippen molar-refractivity contribution in [2.24, 2.45) is 0 Å². The molecule has 0 N–H and O–H groups in total. The van der Waals surface area contributed by atoms with Crippen LogP contribution >= 0.6 is 0 Å². The van der Waals surface area contributed by atoms with E-state index >= 15 is 0 Å². The number of hydrogen-bond acceptors (Lipinski definition) is 5. The van der Waals surface area contributed by atoms with Crippen LogP contribution in [0.1, 0.15) is 25.7 Å². The summed E-state index contributed by atoms with van der Waals surface area (Å²) >= 11 is 0. The summed E-state index contributed by atoms with van der Waals surface area (Å²) in [5, 5.41) is 10.8. The Balaban J connectivity index is 3.19. The van der Waals surface area contributed by atoms with Crippen LogP contribution in [-0.4, -0.2) is 24.7 Å². The molecule has 0 aliphatic rings. The minimum Gasteiger partial charge on any atom is -0.434 e. The van der Waals surface area contributed by atoms with Crippen molar-refractivity contribution in [2.75, 3.05) is 13.2 Å². The van der Waals surface area contributed by atoms with E-state index in [2.05, 4.69) is 4.74 Å². The topological polar surface area (TPSA) is 70.8 Å². The van der Waals surface area contributed by atoms with Crippen molar-refractivity contribution in [1.82, 2.24) is 0 Å². The summed E-state index contributed by atoms with van der Waals surface area (Å²) in [5.74, 6) is -0.211. The fourth-order valence-electron chi connectivity index (χ4n) is 1.57. The van der Waals surface area contributed by atoms with Gasteiger partial charge in [0.2, 0.25) is 0 Å². The monoisotopic (exact) mass is 291 g/mol. The molecule has 0 fully saturated rings. The highest BCUT2D eigenvalue weighted by Gasteiger charge is 2.22. The third-order valence-corrected chi connectivity index (χ3v) is 2.31. The van der Waals surface area contributed by atoms with E-state index in [0.29, 0.717) is 0 Å². The van der Waals surface area contributed by atoms with E-state index in [4.69, 9.17) is 9.47 Å². The molecule has 0 radical (unpaired) electrons. The van der Waals surface area contributed by atoms with Gasteiger partial charge in [-0.3, -0.25) is 10.1 Å². The summed E-state index contributed by atoms with van der Waals surface area (Å²) < 4.78 is 39.6. The molecule has 0 bridgehead atoms. The number of ether oxygens (including phenoxy) is 3. The first kappa shape index (κ1) is 16.3. The number of nitrogens with zero attached hydrogens (tertiary/aromatic N) is 1. The SMILES string of the molecule is CCOC(OCC)c1cc([N+](=O)[O-])ccc1OC(F)F. The largest absolute Gasteiger partial charge is 0.434 e. The van der Waals surface area contributed by atoms with E-state index in [1.165, 1.54) is 0 Å². The zero-order chi connectivity index (χ0) is 15.1. The van der Waals surface area contributed by atoms with E-state index < -0.39 is 17.8 Å². The summed E-state index contributed by atoms with van der Waals surface area (Å²) in [6, 6.07) is 3.29. The number of alkyl halides is 2. The number of rotatable bonds is 8. The predicted molar refractivity (Wildman–Crippen MR) is 65.7 cm³/mol. The van der Waals surface area contributed by atoms with Gasteiger partial charge in [-0.05, 0) is 19.9 Å². The molecule has 0 heterocycles. The summed E-state index contributed by atoms with van der Waals surface area (Å²) in [7, 11) is 0. The molecule has 1 aromatic carbocycles. The standard InChI is InChI=1S/C12H15F2NO5/c1-3-18-11(19-4-2)9-7-8(15(16)17)5-6-10(9)20-12(13)14/h5-7,11-12H,3-4H2,1-2H3. The molecule has 0 unspecified atom stereocenters. The predicted octanol–water partition coefficient (Wildman–Crippen LogP) is 3.27. The molecule has 0 spiro atoms. The van der Waals surface area contributed by atoms with E-state index in [1.54, 1.807) is 13.8 Å². The Morgan fingerprint density at radius 1 is 1.25 bits per heavy atom. The lowest BCUT2D eigenvalue weighted by atomic mass is 10.1. The third-order valence-electron chi connectivity index (χ3n) is 2.31. The molecular formula is C12H15F2NO5. The molecule has 0 saturated carbocycles. The Labute approximate surface area is 114 Å². The molecule has 1 aromatic rings. The third kappa shape index (κ3) is 4.39. The summed E-state index contributed by atoms with van der Waals surface area (Å²) in [5.41, 5.74) is -0.200. The fourth-order valence-corrected chi connectivity index (χ4v) is 1.57. The second-order valence-corrected chi connectivity index (χ2v) is 3.60. The number of non-ortho nitro benzene ring substituents is 1. The lowest BCUT2D eigenvalue weighted by molar-refractivity contribution is -0.385. The van der Waals surface area contributed by atoms with Gasteiger partial charge in [0.15, 0.2) is 6.29 Å². The van der Waals surface area contributed by atoms with Gasteiger partial charge in [-0.25, -0.2) is 0 Å². The lowest BCUT2D eigenvalue weighted by Gasteiger charge is -2.20. The quantitative estimate of drug-likeness (QED) is 0.417. The van der Waals surface area contributed by atoms with E-state index in [9.17, 15) is 18.9 Å². The van der Waals surface area contributed by atoms with Gasteiger partial charge in [0.1, 0.15) is 5.75 Å². The van der Waals surface area contributed by atoms with Crippen molar-refractivity contribution in [3.63, 3.8) is 0 Å². The van der Waals surface area contributed by atoms with Gasteiger partial charge < -0.3 is 14.2 Å². The van der Waals surface area contributed by atoms with Crippen LogP contribution in [0, 0.1) is 10.1 Å². The van der Waals surface area contributed by atoms with Crippen LogP contribution in [0.25, 0.3) is 0 Å². The van der Waals surface area contributed by atoms with Gasteiger partial charge in [0, 0.05) is 25.3 Å². The van der Waals surface area contributed by atoms with Crippen molar-refractivity contribution in [1.29, 1.82) is 0 Å². The maximum atomic E-state index is 12.4. The zero-order valence-electron chi connectivity index (χ0n) is 11.0. The van der Waals surface area contributed by atoms with Crippen molar-refractivity contribution < 1.29 is 27.9 Å². The van der Waals surface area contributed by atoms with Crippen LogP contribution in [0.2, 0.25) is 0 Å². The molecule has 6 nitrogen and oxygen atoms in total. The molecule has 0 amide bonds. The Bertz CT molecular complexity index is 449. The zero-order valence-corrected chi connectivity index (χ0v) is 11.0. The Morgan fingerprint density at radius 3 is 2.30 bits per heavy atom. The van der Waals surface area contributed by atoms with Crippen LogP contribution in [0.4, 0.5) is 14.5 Å². The Hall–Kier alpha value is -1.80. The van der Waals surface area contributed by atoms with Gasteiger partial charge in [0.05, 0.1) is 10.5 Å². The maximum absolute atomic E-state index is 12.4. The highest BCUT2D eigenvalue weighted by Crippen LogP contribution is 2.33. The van der Waals surface area contributed by atoms with Gasteiger partial charge >= 0.3 is 6.61 Å². The minimum atomic E-state index is -3.04. The van der Waals surface area contributed by atoms with Crippen LogP contribution in [0.3, 0.4) is 0 Å².